The molecule has 1 amide bonds. The Balaban J connectivity index is 2.80. The third kappa shape index (κ3) is 6.05. The Labute approximate surface area is 145 Å². The van der Waals surface area contributed by atoms with Crippen LogP contribution in [0, 0.1) is 0 Å². The SMILES string of the molecule is CCCS(=O)(=O)N1CCCCC1C(=O)N(C)CC(=O)OC(C)(C)C. The summed E-state index contributed by atoms with van der Waals surface area (Å²) < 4.78 is 31.3. The number of esters is 1. The average Bonchev–Trinajstić information content (AvgIpc) is 2.44. The van der Waals surface area contributed by atoms with E-state index in [9.17, 15) is 18.0 Å². The molecule has 0 aromatic carbocycles. The molecule has 24 heavy (non-hydrogen) atoms. The fourth-order valence-corrected chi connectivity index (χ4v) is 4.50. The van der Waals surface area contributed by atoms with E-state index in [1.165, 1.54) is 16.3 Å². The Morgan fingerprint density at radius 3 is 2.42 bits per heavy atom. The normalized spacial score (nSPS) is 19.8. The second-order valence-electron chi connectivity index (χ2n) is 7.22. The van der Waals surface area contributed by atoms with Crippen LogP contribution in [0.5, 0.6) is 0 Å². The number of nitrogens with zero attached hydrogens (tertiary/aromatic N) is 2. The van der Waals surface area contributed by atoms with E-state index in [0.29, 0.717) is 19.4 Å². The summed E-state index contributed by atoms with van der Waals surface area (Å²) in [6, 6.07) is -0.720. The summed E-state index contributed by atoms with van der Waals surface area (Å²) in [7, 11) is -1.94. The standard InChI is InChI=1S/C16H30N2O5S/c1-6-11-24(21,22)18-10-8-7-9-13(18)15(20)17(5)12-14(19)23-16(2,3)4/h13H,6-12H2,1-5H3. The van der Waals surface area contributed by atoms with Crippen molar-refractivity contribution >= 4 is 21.9 Å². The summed E-state index contributed by atoms with van der Waals surface area (Å²) in [5.74, 6) is -0.815. The molecule has 0 aromatic heterocycles. The van der Waals surface area contributed by atoms with Crippen LogP contribution in [-0.4, -0.2) is 67.0 Å². The zero-order chi connectivity index (χ0) is 18.5. The number of rotatable bonds is 6. The Morgan fingerprint density at radius 2 is 1.88 bits per heavy atom. The molecule has 8 heteroatoms. The van der Waals surface area contributed by atoms with Crippen LogP contribution in [0.4, 0.5) is 0 Å². The van der Waals surface area contributed by atoms with Gasteiger partial charge in [0.05, 0.1) is 5.75 Å². The molecule has 0 N–H and O–H groups in total. The Morgan fingerprint density at radius 1 is 1.25 bits per heavy atom. The lowest BCUT2D eigenvalue weighted by Crippen LogP contribution is -2.53. The van der Waals surface area contributed by atoms with Crippen LogP contribution >= 0.6 is 0 Å². The number of carbonyl (C=O) groups is 2. The molecule has 1 aliphatic rings. The molecule has 7 nitrogen and oxygen atoms in total. The highest BCUT2D eigenvalue weighted by atomic mass is 32.2. The van der Waals surface area contributed by atoms with Gasteiger partial charge in [-0.25, -0.2) is 8.42 Å². The van der Waals surface area contributed by atoms with Gasteiger partial charge in [0, 0.05) is 13.6 Å². The van der Waals surface area contributed by atoms with Crippen LogP contribution in [0.1, 0.15) is 53.4 Å². The monoisotopic (exact) mass is 362 g/mol. The molecule has 0 aliphatic carbocycles. The minimum atomic E-state index is -3.45. The van der Waals surface area contributed by atoms with Crippen molar-refractivity contribution < 1.29 is 22.7 Å². The third-order valence-corrected chi connectivity index (χ3v) is 5.80. The lowest BCUT2D eigenvalue weighted by molar-refractivity contribution is -0.159. The summed E-state index contributed by atoms with van der Waals surface area (Å²) in [6.45, 7) is 7.24. The van der Waals surface area contributed by atoms with E-state index in [1.54, 1.807) is 27.7 Å². The molecular weight excluding hydrogens is 332 g/mol. The lowest BCUT2D eigenvalue weighted by Gasteiger charge is -2.35. The topological polar surface area (TPSA) is 84.0 Å². The molecule has 0 aromatic rings. The second kappa shape index (κ2) is 8.29. The molecule has 0 spiro atoms. The van der Waals surface area contributed by atoms with Crippen molar-refractivity contribution in [1.82, 2.24) is 9.21 Å². The number of sulfonamides is 1. The van der Waals surface area contributed by atoms with Gasteiger partial charge in [0.25, 0.3) is 0 Å². The fraction of sp³-hybridized carbons (Fsp3) is 0.875. The Bertz CT molecular complexity index is 553. The molecule has 0 bridgehead atoms. The molecule has 1 unspecified atom stereocenters. The van der Waals surface area contributed by atoms with E-state index in [0.717, 1.165) is 12.8 Å². The largest absolute Gasteiger partial charge is 0.459 e. The number of hydrogen-bond donors (Lipinski definition) is 0. The van der Waals surface area contributed by atoms with Crippen LogP contribution in [-0.2, 0) is 24.3 Å². The van der Waals surface area contributed by atoms with Crippen molar-refractivity contribution in [2.45, 2.75) is 65.0 Å². The van der Waals surface area contributed by atoms with Gasteiger partial charge in [-0.3, -0.25) is 9.59 Å². The van der Waals surface area contributed by atoms with E-state index in [-0.39, 0.29) is 18.2 Å². The van der Waals surface area contributed by atoms with Crippen molar-refractivity contribution in [3.63, 3.8) is 0 Å². The van der Waals surface area contributed by atoms with E-state index in [4.69, 9.17) is 4.74 Å². The van der Waals surface area contributed by atoms with Gasteiger partial charge in [0.2, 0.25) is 15.9 Å². The van der Waals surface area contributed by atoms with Crippen molar-refractivity contribution in [2.24, 2.45) is 0 Å². The molecule has 1 fully saturated rings. The van der Waals surface area contributed by atoms with Crippen molar-refractivity contribution in [3.05, 3.63) is 0 Å². The van der Waals surface area contributed by atoms with Gasteiger partial charge in [-0.1, -0.05) is 13.3 Å². The first-order valence-electron chi connectivity index (χ1n) is 8.44. The van der Waals surface area contributed by atoms with Gasteiger partial charge in [-0.15, -0.1) is 0 Å². The molecule has 1 rings (SSSR count). The molecule has 1 heterocycles. The Hall–Kier alpha value is -1.15. The molecule has 0 radical (unpaired) electrons. The van der Waals surface area contributed by atoms with E-state index >= 15 is 0 Å². The predicted octanol–water partition coefficient (Wildman–Crippen LogP) is 1.38. The van der Waals surface area contributed by atoms with Crippen LogP contribution in [0.2, 0.25) is 0 Å². The molecule has 1 saturated heterocycles. The highest BCUT2D eigenvalue weighted by molar-refractivity contribution is 7.89. The fourth-order valence-electron chi connectivity index (χ4n) is 2.76. The quantitative estimate of drug-likeness (QED) is 0.667. The van der Waals surface area contributed by atoms with E-state index in [2.05, 4.69) is 0 Å². The van der Waals surface area contributed by atoms with Gasteiger partial charge in [0.15, 0.2) is 0 Å². The van der Waals surface area contributed by atoms with E-state index < -0.39 is 27.6 Å². The number of hydrogen-bond acceptors (Lipinski definition) is 5. The molecule has 1 aliphatic heterocycles. The van der Waals surface area contributed by atoms with Gasteiger partial charge < -0.3 is 9.64 Å². The smallest absolute Gasteiger partial charge is 0.326 e. The first-order chi connectivity index (χ1) is 11.0. The maximum atomic E-state index is 12.7. The highest BCUT2D eigenvalue weighted by Crippen LogP contribution is 2.23. The maximum absolute atomic E-state index is 12.7. The van der Waals surface area contributed by atoms with Crippen molar-refractivity contribution in [1.29, 1.82) is 0 Å². The first kappa shape index (κ1) is 20.9. The summed E-state index contributed by atoms with van der Waals surface area (Å²) in [5, 5.41) is 0. The molecular formula is C16H30N2O5S. The van der Waals surface area contributed by atoms with Crippen LogP contribution in [0.3, 0.4) is 0 Å². The first-order valence-corrected chi connectivity index (χ1v) is 10.0. The second-order valence-corrected chi connectivity index (χ2v) is 9.26. The zero-order valence-corrected chi connectivity index (χ0v) is 16.2. The van der Waals surface area contributed by atoms with Gasteiger partial charge in [-0.05, 0) is 40.0 Å². The van der Waals surface area contributed by atoms with Crippen molar-refractivity contribution in [2.75, 3.05) is 25.9 Å². The minimum Gasteiger partial charge on any atom is -0.459 e. The summed E-state index contributed by atoms with van der Waals surface area (Å²) in [5.41, 5.74) is -0.623. The van der Waals surface area contributed by atoms with Gasteiger partial charge >= 0.3 is 5.97 Å². The van der Waals surface area contributed by atoms with Crippen LogP contribution < -0.4 is 0 Å². The number of amides is 1. The zero-order valence-electron chi connectivity index (χ0n) is 15.4. The third-order valence-electron chi connectivity index (χ3n) is 3.72. The lowest BCUT2D eigenvalue weighted by atomic mass is 10.0. The number of carbonyl (C=O) groups excluding carboxylic acids is 2. The summed E-state index contributed by atoms with van der Waals surface area (Å²) in [4.78, 5) is 25.8. The molecule has 140 valence electrons. The Kier molecular flexibility index (Phi) is 7.22. The van der Waals surface area contributed by atoms with Crippen LogP contribution in [0.25, 0.3) is 0 Å². The van der Waals surface area contributed by atoms with Crippen molar-refractivity contribution in [3.8, 4) is 0 Å². The minimum absolute atomic E-state index is 0.0343. The average molecular weight is 362 g/mol. The molecule has 1 atom stereocenters. The number of likely N-dealkylation sites (N-methyl/N-ethyl adjacent to an activating group) is 1. The van der Waals surface area contributed by atoms with Gasteiger partial charge in [0.1, 0.15) is 18.2 Å². The van der Waals surface area contributed by atoms with E-state index in [1.807, 2.05) is 0 Å². The maximum Gasteiger partial charge on any atom is 0.326 e. The predicted molar refractivity (Wildman–Crippen MR) is 91.9 cm³/mol. The summed E-state index contributed by atoms with van der Waals surface area (Å²) in [6.07, 6.45) is 2.55. The van der Waals surface area contributed by atoms with Gasteiger partial charge in [-0.2, -0.15) is 4.31 Å². The highest BCUT2D eigenvalue weighted by Gasteiger charge is 2.38. The number of piperidine rings is 1. The number of ether oxygens (including phenoxy) is 1. The van der Waals surface area contributed by atoms with Crippen LogP contribution in [0.15, 0.2) is 0 Å². The summed E-state index contributed by atoms with van der Waals surface area (Å²) >= 11 is 0. The molecule has 0 saturated carbocycles.